The van der Waals surface area contributed by atoms with Crippen LogP contribution < -0.4 is 14.0 Å². The van der Waals surface area contributed by atoms with Crippen LogP contribution in [0.3, 0.4) is 0 Å². The summed E-state index contributed by atoms with van der Waals surface area (Å²) >= 11 is 0. The first-order chi connectivity index (χ1) is 28.9. The summed E-state index contributed by atoms with van der Waals surface area (Å²) in [5.41, 5.74) is -5.00. The highest BCUT2D eigenvalue weighted by Gasteiger charge is 2.86. The molecule has 346 valence electrons. The number of rotatable bonds is 16. The molecule has 9 unspecified atom stereocenters. The fourth-order valence-electron chi connectivity index (χ4n) is 9.99. The maximum absolute atomic E-state index is 15.8. The number of Topliss-reactive ketones (excluding diaryl/α,β-unsaturated/α-hetero) is 2. The van der Waals surface area contributed by atoms with Gasteiger partial charge in [0.1, 0.15) is 22.7 Å². The average Bonchev–Trinajstić information content (AvgIpc) is 3.26. The van der Waals surface area contributed by atoms with E-state index in [1.807, 2.05) is 19.9 Å². The molecule has 3 heterocycles. The van der Waals surface area contributed by atoms with Gasteiger partial charge in [0, 0.05) is 40.2 Å². The zero-order valence-corrected chi connectivity index (χ0v) is 38.8. The molecule has 3 aliphatic carbocycles. The number of fused-ring (bicyclic) bond motifs is 2. The minimum Gasteiger partial charge on any atom is -0.482 e. The van der Waals surface area contributed by atoms with Gasteiger partial charge in [-0.15, -0.1) is 0 Å². The van der Waals surface area contributed by atoms with Gasteiger partial charge in [-0.2, -0.15) is 8.62 Å². The van der Waals surface area contributed by atoms with Crippen LogP contribution in [-0.4, -0.2) is 78.1 Å². The zero-order valence-electron chi connectivity index (χ0n) is 36.1. The van der Waals surface area contributed by atoms with E-state index in [4.69, 9.17) is 23.5 Å². The molecule has 6 aliphatic rings. The van der Waals surface area contributed by atoms with Crippen molar-refractivity contribution in [3.05, 3.63) is 67.8 Å². The van der Waals surface area contributed by atoms with Gasteiger partial charge in [0.05, 0.1) is 24.2 Å². The van der Waals surface area contributed by atoms with E-state index in [1.165, 1.54) is 26.2 Å². The van der Waals surface area contributed by atoms with Crippen molar-refractivity contribution < 1.29 is 84.7 Å². The fraction of sp³-hybridized carbons (Fsp3) is 0.575. The van der Waals surface area contributed by atoms with Gasteiger partial charge in [-0.25, -0.2) is 18.5 Å². The molecule has 0 amide bonds. The Labute approximate surface area is 363 Å². The number of hydrogen-bond acceptors (Lipinski definition) is 15. The van der Waals surface area contributed by atoms with Crippen molar-refractivity contribution in [2.45, 2.75) is 110 Å². The third-order valence-corrected chi connectivity index (χ3v) is 16.1. The number of phosphoric acid groups is 3. The van der Waals surface area contributed by atoms with Crippen LogP contribution >= 0.6 is 23.5 Å². The molecule has 4 N–H and O–H groups in total. The molecule has 4 bridgehead atoms. The van der Waals surface area contributed by atoms with Crippen LogP contribution in [0.1, 0.15) is 103 Å². The third kappa shape index (κ3) is 8.84. The number of esters is 1. The van der Waals surface area contributed by atoms with Crippen LogP contribution in [-0.2, 0) is 47.8 Å². The summed E-state index contributed by atoms with van der Waals surface area (Å²) in [7, 11) is -16.8. The second-order valence-corrected chi connectivity index (χ2v) is 22.1. The molecule has 7 rings (SSSR count). The van der Waals surface area contributed by atoms with Gasteiger partial charge in [0.15, 0.2) is 28.5 Å². The highest BCUT2D eigenvalue weighted by molar-refractivity contribution is 7.66. The average molecular weight is 944 g/mol. The van der Waals surface area contributed by atoms with Crippen molar-refractivity contribution in [3.8, 4) is 17.2 Å². The molecule has 1 aromatic carbocycles. The Bertz CT molecular complexity index is 2430. The normalized spacial score (nSPS) is 30.7. The smallest absolute Gasteiger partial charge is 0.482 e. The summed E-state index contributed by atoms with van der Waals surface area (Å²) in [5, 5.41) is 12.4. The SMILES string of the molecule is COC(=O)/C(C)=C\CC12OC(C)(C)C3CC(C1=O)C(C[N+](=O)[O-])C1C(=O)c4c(OP(=O)(O)OP(=O)(O)OP(=O)(O)O)c5c(c(CC=C(C)C)c4OC132)OC(C)(CCC=C(C)C)C=C5. The van der Waals surface area contributed by atoms with E-state index < -0.39 is 110 Å². The number of hydrogen-bond donors (Lipinski definition) is 4. The fourth-order valence-corrected chi connectivity index (χ4v) is 13.1. The molecule has 63 heavy (non-hydrogen) atoms. The van der Waals surface area contributed by atoms with Gasteiger partial charge in [0.2, 0.25) is 6.54 Å². The summed E-state index contributed by atoms with van der Waals surface area (Å²) in [6.07, 6.45) is 8.81. The van der Waals surface area contributed by atoms with Crippen molar-refractivity contribution in [2.24, 2.45) is 23.7 Å². The number of ether oxygens (including phenoxy) is 4. The highest BCUT2D eigenvalue weighted by atomic mass is 31.3. The monoisotopic (exact) mass is 943 g/mol. The summed E-state index contributed by atoms with van der Waals surface area (Å²) in [5.74, 6) is -8.28. The van der Waals surface area contributed by atoms with Gasteiger partial charge in [0.25, 0.3) is 0 Å². The van der Waals surface area contributed by atoms with E-state index in [0.717, 1.165) is 11.1 Å². The Morgan fingerprint density at radius 1 is 0.952 bits per heavy atom. The molecule has 9 atom stereocenters. The van der Waals surface area contributed by atoms with E-state index >= 15 is 9.59 Å². The first-order valence-corrected chi connectivity index (χ1v) is 24.5. The molecule has 20 nitrogen and oxygen atoms in total. The second kappa shape index (κ2) is 16.6. The largest absolute Gasteiger partial charge is 0.536 e. The minimum absolute atomic E-state index is 0.00914. The lowest BCUT2D eigenvalue weighted by molar-refractivity contribution is -0.494. The zero-order chi connectivity index (χ0) is 47.0. The molecule has 3 saturated carbocycles. The van der Waals surface area contributed by atoms with Crippen molar-refractivity contribution in [1.29, 1.82) is 0 Å². The van der Waals surface area contributed by atoms with E-state index in [0.29, 0.717) is 12.8 Å². The minimum atomic E-state index is -6.09. The molecule has 1 saturated heterocycles. The topological polar surface area (TPSA) is 291 Å². The standard InChI is InChI=1S/C40H52NO19P3/c1-21(2)11-10-16-38(8)17-15-25-32(55-38)24(13-12-22(3)4)33-29(34(25)57-62(50,51)60-63(52,53)59-61(47,48)49)31(42)30-27(20-41(45)46)26-19-28-37(6,7)58-39(35(26)43,40(28,30)56-33)18-14-23(5)36(44)54-9/h11-12,14-15,17,26-28,30H,10,13,16,18-20H2,1-9H3,(H,50,51)(H,52,53)(H2,47,48,49)/b23-14-. The maximum atomic E-state index is 15.8. The first-order valence-electron chi connectivity index (χ1n) is 20.0. The van der Waals surface area contributed by atoms with E-state index in [-0.39, 0.29) is 47.5 Å². The van der Waals surface area contributed by atoms with E-state index in [2.05, 4.69) is 8.62 Å². The summed E-state index contributed by atoms with van der Waals surface area (Å²) in [6, 6.07) is 0. The van der Waals surface area contributed by atoms with Crippen molar-refractivity contribution in [2.75, 3.05) is 13.7 Å². The number of carbonyl (C=O) groups excluding carboxylic acids is 3. The third-order valence-electron chi connectivity index (χ3n) is 12.4. The second-order valence-electron chi connectivity index (χ2n) is 17.8. The molecule has 3 aliphatic heterocycles. The quantitative estimate of drug-likeness (QED) is 0.0327. The molecule has 1 aromatic rings. The Morgan fingerprint density at radius 2 is 1.60 bits per heavy atom. The van der Waals surface area contributed by atoms with Crippen LogP contribution in [0.4, 0.5) is 0 Å². The van der Waals surface area contributed by atoms with Crippen molar-refractivity contribution >= 4 is 47.1 Å². The molecule has 0 aromatic heterocycles. The van der Waals surface area contributed by atoms with Crippen molar-refractivity contribution in [1.82, 2.24) is 0 Å². The van der Waals surface area contributed by atoms with Gasteiger partial charge < -0.3 is 38.2 Å². The number of nitro groups is 1. The number of phosphoric ester groups is 1. The van der Waals surface area contributed by atoms with Crippen LogP contribution in [0, 0.1) is 33.8 Å². The number of ketones is 2. The van der Waals surface area contributed by atoms with Gasteiger partial charge in [-0.05, 0) is 93.2 Å². The predicted molar refractivity (Wildman–Crippen MR) is 222 cm³/mol. The van der Waals surface area contributed by atoms with E-state index in [1.54, 1.807) is 46.8 Å². The Kier molecular flexibility index (Phi) is 12.8. The van der Waals surface area contributed by atoms with Gasteiger partial charge in [-0.1, -0.05) is 29.4 Å². The van der Waals surface area contributed by atoms with Crippen LogP contribution in [0.25, 0.3) is 6.08 Å². The van der Waals surface area contributed by atoms with E-state index in [9.17, 15) is 48.2 Å². The molecular formula is C40H52NO19P3. The molecule has 0 radical (unpaired) electrons. The number of allylic oxidation sites excluding steroid dienone is 4. The molecular weight excluding hydrogens is 891 g/mol. The molecule has 1 spiro atoms. The number of methoxy groups -OCH3 is 1. The summed E-state index contributed by atoms with van der Waals surface area (Å²) < 4.78 is 77.1. The maximum Gasteiger partial charge on any atom is 0.536 e. The summed E-state index contributed by atoms with van der Waals surface area (Å²) in [4.78, 5) is 94.8. The Balaban J connectivity index is 1.70. The lowest BCUT2D eigenvalue weighted by Crippen LogP contribution is -2.79. The lowest BCUT2D eigenvalue weighted by Gasteiger charge is -2.62. The highest BCUT2D eigenvalue weighted by Crippen LogP contribution is 2.73. The Hall–Kier alpha value is -3.80. The predicted octanol–water partition coefficient (Wildman–Crippen LogP) is 6.91. The number of carbonyl (C=O) groups is 3. The number of nitrogens with zero attached hydrogens (tertiary/aromatic N) is 1. The molecule has 23 heteroatoms. The Morgan fingerprint density at radius 3 is 2.19 bits per heavy atom. The van der Waals surface area contributed by atoms with Crippen LogP contribution in [0.2, 0.25) is 0 Å². The van der Waals surface area contributed by atoms with Gasteiger partial charge in [-0.3, -0.25) is 24.6 Å². The summed E-state index contributed by atoms with van der Waals surface area (Å²) in [6.45, 7) is 13.2. The van der Waals surface area contributed by atoms with Crippen LogP contribution in [0.5, 0.6) is 17.2 Å². The van der Waals surface area contributed by atoms with Crippen molar-refractivity contribution in [3.63, 3.8) is 0 Å². The van der Waals surface area contributed by atoms with Crippen LogP contribution in [0.15, 0.2) is 41.0 Å². The molecule has 4 fully saturated rings. The lowest BCUT2D eigenvalue weighted by atomic mass is 9.43. The van der Waals surface area contributed by atoms with Gasteiger partial charge >= 0.3 is 29.4 Å². The number of benzene rings is 1. The first kappa shape index (κ1) is 48.7.